The number of carboxylic acid groups (broad SMARTS) is 1. The van der Waals surface area contributed by atoms with Gasteiger partial charge < -0.3 is 14.7 Å². The molecule has 7 heteroatoms. The lowest BCUT2D eigenvalue weighted by Gasteiger charge is -2.19. The van der Waals surface area contributed by atoms with Gasteiger partial charge in [-0.3, -0.25) is 0 Å². The van der Waals surface area contributed by atoms with Crippen molar-refractivity contribution >= 4 is 14.1 Å². The molecule has 6 nitrogen and oxygen atoms in total. The first kappa shape index (κ1) is 14.6. The number of ether oxygens (including phenoxy) is 1. The normalized spacial score (nSPS) is 14.9. The van der Waals surface area contributed by atoms with E-state index in [9.17, 15) is 9.69 Å². The molecule has 0 aliphatic rings. The van der Waals surface area contributed by atoms with Crippen molar-refractivity contribution in [2.24, 2.45) is 4.74 Å². The number of aliphatic carboxylic acids is 1. The summed E-state index contributed by atoms with van der Waals surface area (Å²) in [6, 6.07) is 8.33. The molecule has 18 heavy (non-hydrogen) atoms. The molecule has 98 valence electrons. The van der Waals surface area contributed by atoms with Crippen LogP contribution in [0.1, 0.15) is 13.8 Å². The number of carboxylic acids is 1. The second kappa shape index (κ2) is 6.44. The molecule has 1 aromatic carbocycles. The van der Waals surface area contributed by atoms with Gasteiger partial charge >= 0.3 is 19.9 Å². The fraction of sp³-hybridized carbons (Fsp3) is 0.364. The van der Waals surface area contributed by atoms with Crippen LogP contribution >= 0.6 is 8.17 Å². The second-order valence-corrected chi connectivity index (χ2v) is 4.39. The van der Waals surface area contributed by atoms with Crippen LogP contribution in [0.4, 0.5) is 0 Å². The maximum Gasteiger partial charge on any atom is 0.375 e. The van der Waals surface area contributed by atoms with E-state index in [1.807, 2.05) is 0 Å². The molecule has 0 bridgehead atoms. The Morgan fingerprint density at radius 1 is 1.50 bits per heavy atom. The Morgan fingerprint density at radius 3 is 2.61 bits per heavy atom. The standard InChI is InChI=1S/C11H14NO5P/c1-3-16-18(15)12-11(2,10(13)14)17-9-7-5-4-6-8-9/h4-8H,3H2,1-2H3,(H,13,14)/t11-/m1/s1. The first-order valence-corrected chi connectivity index (χ1v) is 6.41. The molecule has 0 heterocycles. The first-order chi connectivity index (χ1) is 8.48. The van der Waals surface area contributed by atoms with E-state index >= 15 is 0 Å². The molecular formula is C11H14NO5P. The van der Waals surface area contributed by atoms with Crippen molar-refractivity contribution in [3.63, 3.8) is 0 Å². The number of para-hydroxylation sites is 1. The lowest BCUT2D eigenvalue weighted by molar-refractivity contribution is -0.178. The quantitative estimate of drug-likeness (QED) is 0.796. The van der Waals surface area contributed by atoms with E-state index < -0.39 is 19.9 Å². The second-order valence-electron chi connectivity index (χ2n) is 3.46. The number of rotatable bonds is 6. The fourth-order valence-corrected chi connectivity index (χ4v) is 1.84. The van der Waals surface area contributed by atoms with Gasteiger partial charge in [0.05, 0.1) is 6.61 Å². The summed E-state index contributed by atoms with van der Waals surface area (Å²) in [5.74, 6) is -1.01. The van der Waals surface area contributed by atoms with Crippen LogP contribution in [-0.2, 0) is 9.32 Å². The molecule has 0 saturated heterocycles. The highest BCUT2D eigenvalue weighted by Crippen LogP contribution is 2.27. The van der Waals surface area contributed by atoms with Crippen LogP contribution in [-0.4, -0.2) is 23.4 Å². The van der Waals surface area contributed by atoms with Crippen LogP contribution in [0.2, 0.25) is 0 Å². The summed E-state index contributed by atoms with van der Waals surface area (Å²) in [7, 11) is -2.43. The van der Waals surface area contributed by atoms with Gasteiger partial charge in [0.2, 0.25) is 0 Å². The largest absolute Gasteiger partial charge is 0.583 e. The molecule has 0 saturated carbocycles. The molecule has 0 spiro atoms. The zero-order chi connectivity index (χ0) is 13.6. The Bertz CT molecular complexity index is 436. The van der Waals surface area contributed by atoms with Crippen LogP contribution in [0.25, 0.3) is 0 Å². The summed E-state index contributed by atoms with van der Waals surface area (Å²) >= 11 is 0. The van der Waals surface area contributed by atoms with Gasteiger partial charge in [-0.2, -0.15) is 4.52 Å². The van der Waals surface area contributed by atoms with Gasteiger partial charge in [-0.15, -0.1) is 0 Å². The SMILES string of the molecule is CCO[P+]([O-])=N[C@](C)(Oc1ccccc1)C(=O)O. The lowest BCUT2D eigenvalue weighted by atomic mass is 10.3. The molecule has 0 fully saturated rings. The topological polar surface area (TPSA) is 91.2 Å². The van der Waals surface area contributed by atoms with E-state index in [-0.39, 0.29) is 6.61 Å². The van der Waals surface area contributed by atoms with E-state index in [1.165, 1.54) is 6.92 Å². The number of carbonyl (C=O) groups is 1. The van der Waals surface area contributed by atoms with E-state index in [4.69, 9.17) is 14.4 Å². The van der Waals surface area contributed by atoms with Crippen LogP contribution in [0, 0.1) is 0 Å². The van der Waals surface area contributed by atoms with Gasteiger partial charge in [-0.1, -0.05) is 18.2 Å². The van der Waals surface area contributed by atoms with Crippen molar-refractivity contribution in [3.8, 4) is 5.75 Å². The van der Waals surface area contributed by atoms with Gasteiger partial charge in [-0.05, 0) is 23.8 Å². The summed E-state index contributed by atoms with van der Waals surface area (Å²) in [6.07, 6.45) is 0. The lowest BCUT2D eigenvalue weighted by Crippen LogP contribution is -2.39. The summed E-state index contributed by atoms with van der Waals surface area (Å²) < 4.78 is 13.5. The molecule has 0 aliphatic heterocycles. The van der Waals surface area contributed by atoms with Crippen molar-refractivity contribution in [2.75, 3.05) is 6.61 Å². The minimum Gasteiger partial charge on any atom is -0.583 e. The minimum atomic E-state index is -2.43. The van der Waals surface area contributed by atoms with Gasteiger partial charge in [0.15, 0.2) is 0 Å². The molecule has 1 aromatic rings. The molecule has 2 atom stereocenters. The number of hydrogen-bond donors (Lipinski definition) is 1. The van der Waals surface area contributed by atoms with Gasteiger partial charge in [0, 0.05) is 6.92 Å². The Morgan fingerprint density at radius 2 is 2.11 bits per heavy atom. The van der Waals surface area contributed by atoms with Crippen LogP contribution in [0.3, 0.4) is 0 Å². The molecular weight excluding hydrogens is 257 g/mol. The summed E-state index contributed by atoms with van der Waals surface area (Å²) in [5.41, 5.74) is -1.94. The van der Waals surface area contributed by atoms with Crippen molar-refractivity contribution in [1.82, 2.24) is 0 Å². The number of nitrogens with zero attached hydrogens (tertiary/aromatic N) is 1. The van der Waals surface area contributed by atoms with Gasteiger partial charge in [0.25, 0.3) is 0 Å². The molecule has 0 aliphatic carbocycles. The third-order valence-electron chi connectivity index (χ3n) is 1.97. The number of hydrogen-bond acceptors (Lipinski definition) is 5. The Hall–Kier alpha value is -1.49. The van der Waals surface area contributed by atoms with Crippen LogP contribution < -0.4 is 9.63 Å². The molecule has 0 radical (unpaired) electrons. The number of benzene rings is 1. The molecule has 0 amide bonds. The molecule has 0 aromatic heterocycles. The molecule has 1 unspecified atom stereocenters. The Balaban J connectivity index is 2.94. The van der Waals surface area contributed by atoms with Gasteiger partial charge in [-0.25, -0.2) is 4.79 Å². The Labute approximate surface area is 106 Å². The maximum absolute atomic E-state index is 11.4. The van der Waals surface area contributed by atoms with E-state index in [1.54, 1.807) is 37.3 Å². The average Bonchev–Trinajstić information content (AvgIpc) is 2.30. The monoisotopic (exact) mass is 271 g/mol. The zero-order valence-electron chi connectivity index (χ0n) is 10.1. The van der Waals surface area contributed by atoms with Crippen molar-refractivity contribution < 1.29 is 24.1 Å². The van der Waals surface area contributed by atoms with Crippen molar-refractivity contribution in [1.29, 1.82) is 0 Å². The third kappa shape index (κ3) is 4.07. The predicted octanol–water partition coefficient (Wildman–Crippen LogP) is 1.76. The average molecular weight is 271 g/mol. The summed E-state index contributed by atoms with van der Waals surface area (Å²) in [6.45, 7) is 3.03. The first-order valence-electron chi connectivity index (χ1n) is 5.28. The highest BCUT2D eigenvalue weighted by Gasteiger charge is 2.39. The maximum atomic E-state index is 11.4. The smallest absolute Gasteiger partial charge is 0.375 e. The highest BCUT2D eigenvalue weighted by atomic mass is 31.1. The Kier molecular flexibility index (Phi) is 5.22. The third-order valence-corrected chi connectivity index (χ3v) is 2.99. The predicted molar refractivity (Wildman–Crippen MR) is 64.1 cm³/mol. The fourth-order valence-electron chi connectivity index (χ4n) is 1.12. The van der Waals surface area contributed by atoms with E-state index in [0.29, 0.717) is 5.75 Å². The van der Waals surface area contributed by atoms with Crippen molar-refractivity contribution in [2.45, 2.75) is 19.6 Å². The minimum absolute atomic E-state index is 0.180. The van der Waals surface area contributed by atoms with Gasteiger partial charge in [0.1, 0.15) is 5.75 Å². The zero-order valence-corrected chi connectivity index (χ0v) is 11.0. The summed E-state index contributed by atoms with van der Waals surface area (Å²) in [5, 5.41) is 9.11. The summed E-state index contributed by atoms with van der Waals surface area (Å²) in [4.78, 5) is 22.5. The van der Waals surface area contributed by atoms with Crippen molar-refractivity contribution in [3.05, 3.63) is 30.3 Å². The van der Waals surface area contributed by atoms with E-state index in [2.05, 4.69) is 4.74 Å². The van der Waals surface area contributed by atoms with Crippen LogP contribution in [0.5, 0.6) is 5.75 Å². The molecule has 1 rings (SSSR count). The molecule has 1 N–H and O–H groups in total. The van der Waals surface area contributed by atoms with E-state index in [0.717, 1.165) is 0 Å². The highest BCUT2D eigenvalue weighted by molar-refractivity contribution is 7.33. The van der Waals surface area contributed by atoms with Crippen LogP contribution in [0.15, 0.2) is 35.1 Å².